The molecule has 3 aliphatic heterocycles. The summed E-state index contributed by atoms with van der Waals surface area (Å²) < 4.78 is 10.8. The highest BCUT2D eigenvalue weighted by Crippen LogP contribution is 2.34. The Kier molecular flexibility index (Phi) is 17.4. The average molecular weight is 720 g/mol. The van der Waals surface area contributed by atoms with Crippen LogP contribution in [0, 0.1) is 11.8 Å². The molecule has 3 aliphatic rings. The third-order valence-electron chi connectivity index (χ3n) is 9.03. The Labute approximate surface area is 300 Å². The van der Waals surface area contributed by atoms with Crippen LogP contribution in [0.2, 0.25) is 0 Å². The second-order valence-corrected chi connectivity index (χ2v) is 12.2. The van der Waals surface area contributed by atoms with Crippen LogP contribution >= 0.6 is 54.0 Å². The summed E-state index contributed by atoms with van der Waals surface area (Å²) in [6, 6.07) is -0.895. The summed E-state index contributed by atoms with van der Waals surface area (Å²) in [6.45, 7) is 8.48. The van der Waals surface area contributed by atoms with Crippen molar-refractivity contribution in [2.45, 2.75) is 96.9 Å². The van der Waals surface area contributed by atoms with Gasteiger partial charge in [0, 0.05) is 43.9 Å². The van der Waals surface area contributed by atoms with Gasteiger partial charge in [0.05, 0.1) is 37.2 Å². The van der Waals surface area contributed by atoms with Crippen molar-refractivity contribution in [3.63, 3.8) is 0 Å². The third kappa shape index (κ3) is 9.54. The maximum Gasteiger partial charge on any atom is 0.407 e. The standard InChI is InChI=1S/C30H45N7O5.4H2S/c1-18(2)19(3)28(38)36-12-7-10-24(36)26-31-16-20(32-26)15-22-23-17-42-14-6-5-9-21(35-30(40)41-4)29(39)37-13-8-11-25(37)27(33-22)34-23;;;;/h16,18-19,21,24-25H,5-15,17H2,1-4H3,(H,31,32)(H,33,34)(H,35,40);4*1H2/t19-,21-,24-,25-;;;;/m0..../s1. The normalized spacial score (nSPS) is 22.0. The van der Waals surface area contributed by atoms with Crippen molar-refractivity contribution >= 4 is 71.9 Å². The molecular formula is C30H53N7O5S4. The smallest absolute Gasteiger partial charge is 0.407 e. The van der Waals surface area contributed by atoms with Crippen LogP contribution < -0.4 is 5.32 Å². The van der Waals surface area contributed by atoms with Crippen LogP contribution in [0.3, 0.4) is 0 Å². The molecule has 3 amide bonds. The number of hydrogen-bond donors (Lipinski definition) is 3. The first-order valence-electron chi connectivity index (χ1n) is 15.4. The van der Waals surface area contributed by atoms with Gasteiger partial charge in [0.25, 0.3) is 0 Å². The zero-order valence-corrected chi connectivity index (χ0v) is 31.3. The summed E-state index contributed by atoms with van der Waals surface area (Å²) in [7, 11) is 1.30. The second-order valence-electron chi connectivity index (χ2n) is 12.2. The third-order valence-corrected chi connectivity index (χ3v) is 9.03. The summed E-state index contributed by atoms with van der Waals surface area (Å²) in [6.07, 6.45) is 7.31. The van der Waals surface area contributed by atoms with E-state index in [1.54, 1.807) is 0 Å². The van der Waals surface area contributed by atoms with Crippen molar-refractivity contribution in [3.05, 3.63) is 34.9 Å². The molecule has 2 fully saturated rings. The van der Waals surface area contributed by atoms with E-state index in [4.69, 9.17) is 19.4 Å². The van der Waals surface area contributed by atoms with E-state index >= 15 is 0 Å². The van der Waals surface area contributed by atoms with Gasteiger partial charge >= 0.3 is 6.09 Å². The minimum atomic E-state index is -0.651. The Morgan fingerprint density at radius 2 is 1.72 bits per heavy atom. The predicted molar refractivity (Wildman–Crippen MR) is 196 cm³/mol. The molecular weight excluding hydrogens is 667 g/mol. The van der Waals surface area contributed by atoms with E-state index in [0.717, 1.165) is 73.8 Å². The van der Waals surface area contributed by atoms with E-state index in [-0.39, 0.29) is 89.7 Å². The van der Waals surface area contributed by atoms with Gasteiger partial charge in [-0.3, -0.25) is 9.59 Å². The monoisotopic (exact) mass is 719 g/mol. The van der Waals surface area contributed by atoms with Gasteiger partial charge in [-0.2, -0.15) is 54.0 Å². The highest BCUT2D eigenvalue weighted by molar-refractivity contribution is 7.59. The Balaban J connectivity index is 0.00000264. The van der Waals surface area contributed by atoms with Crippen molar-refractivity contribution < 1.29 is 23.9 Å². The molecule has 0 saturated carbocycles. The lowest BCUT2D eigenvalue weighted by atomic mass is 9.96. The summed E-state index contributed by atoms with van der Waals surface area (Å²) >= 11 is 0. The predicted octanol–water partition coefficient (Wildman–Crippen LogP) is 4.22. The summed E-state index contributed by atoms with van der Waals surface area (Å²) in [5, 5.41) is 2.73. The first-order valence-corrected chi connectivity index (χ1v) is 15.4. The number of amides is 3. The number of fused-ring (bicyclic) bond motifs is 4. The van der Waals surface area contributed by atoms with Gasteiger partial charge in [-0.1, -0.05) is 20.8 Å². The molecule has 262 valence electrons. The van der Waals surface area contributed by atoms with Crippen molar-refractivity contribution in [1.82, 2.24) is 35.1 Å². The Morgan fingerprint density at radius 3 is 2.43 bits per heavy atom. The largest absolute Gasteiger partial charge is 0.453 e. The molecule has 0 aliphatic carbocycles. The lowest BCUT2D eigenvalue weighted by molar-refractivity contribution is -0.137. The Hall–Kier alpha value is -2.01. The van der Waals surface area contributed by atoms with Gasteiger partial charge in [-0.15, -0.1) is 0 Å². The van der Waals surface area contributed by atoms with Crippen LogP contribution in [-0.4, -0.2) is 80.5 Å². The first-order chi connectivity index (χ1) is 20.3. The SMILES string of the molecule is COC(=O)N[C@H]1CCCCOCc2[nH]c(nc2Cc2cnc([C@@H]3CCCN3C(=O)[C@@H](C)C(C)C)[nH]2)[C@@H]2CCCN2C1=O.S.S.S.S. The molecule has 2 aromatic rings. The molecule has 3 N–H and O–H groups in total. The number of methoxy groups -OCH3 is 1. The van der Waals surface area contributed by atoms with Crippen LogP contribution in [0.4, 0.5) is 4.79 Å². The van der Waals surface area contributed by atoms with Gasteiger partial charge in [-0.25, -0.2) is 14.8 Å². The second kappa shape index (κ2) is 19.1. The average Bonchev–Trinajstić information content (AvgIpc) is 3.79. The Morgan fingerprint density at radius 1 is 1.00 bits per heavy atom. The number of ether oxygens (including phenoxy) is 2. The lowest BCUT2D eigenvalue weighted by Gasteiger charge is -2.28. The number of nitrogens with one attached hydrogen (secondary N) is 3. The van der Waals surface area contributed by atoms with Crippen molar-refractivity contribution in [3.8, 4) is 0 Å². The highest BCUT2D eigenvalue weighted by atomic mass is 32.1. The molecule has 5 heterocycles. The molecule has 0 radical (unpaired) electrons. The number of nitrogens with zero attached hydrogens (tertiary/aromatic N) is 4. The van der Waals surface area contributed by atoms with E-state index < -0.39 is 12.1 Å². The van der Waals surface area contributed by atoms with Gasteiger partial charge in [0.1, 0.15) is 17.7 Å². The molecule has 2 saturated heterocycles. The van der Waals surface area contributed by atoms with Crippen LogP contribution in [0.15, 0.2) is 6.20 Å². The molecule has 12 nitrogen and oxygen atoms in total. The molecule has 5 rings (SSSR count). The summed E-state index contributed by atoms with van der Waals surface area (Å²) in [5.41, 5.74) is 2.67. The van der Waals surface area contributed by atoms with Crippen LogP contribution in [0.5, 0.6) is 0 Å². The van der Waals surface area contributed by atoms with E-state index in [2.05, 4.69) is 29.1 Å². The van der Waals surface area contributed by atoms with Crippen molar-refractivity contribution in [2.24, 2.45) is 11.8 Å². The first kappa shape index (κ1) is 42.0. The molecule has 2 aromatic heterocycles. The minimum Gasteiger partial charge on any atom is -0.453 e. The molecule has 16 heteroatoms. The molecule has 2 bridgehead atoms. The minimum absolute atomic E-state index is 0. The van der Waals surface area contributed by atoms with Gasteiger partial charge < -0.3 is 34.6 Å². The number of rotatable bonds is 6. The zero-order valence-electron chi connectivity index (χ0n) is 27.3. The number of alkyl carbamates (subject to hydrolysis) is 1. The van der Waals surface area contributed by atoms with Gasteiger partial charge in [0.2, 0.25) is 11.8 Å². The lowest BCUT2D eigenvalue weighted by Crippen LogP contribution is -2.48. The van der Waals surface area contributed by atoms with E-state index in [1.807, 2.05) is 22.9 Å². The Bertz CT molecular complexity index is 1280. The van der Waals surface area contributed by atoms with E-state index in [9.17, 15) is 14.4 Å². The number of H-pyrrole nitrogens is 2. The maximum atomic E-state index is 13.6. The van der Waals surface area contributed by atoms with E-state index in [0.29, 0.717) is 32.6 Å². The highest BCUT2D eigenvalue weighted by Gasteiger charge is 2.37. The number of aromatic amines is 2. The van der Waals surface area contributed by atoms with Gasteiger partial charge in [0.15, 0.2) is 0 Å². The fourth-order valence-electron chi connectivity index (χ4n) is 6.27. The molecule has 0 unspecified atom stereocenters. The maximum absolute atomic E-state index is 13.6. The van der Waals surface area contributed by atoms with Crippen molar-refractivity contribution in [1.29, 1.82) is 0 Å². The van der Waals surface area contributed by atoms with Gasteiger partial charge in [-0.05, 0) is 50.9 Å². The number of carbonyl (C=O) groups is 3. The quantitative estimate of drug-likeness (QED) is 0.406. The van der Waals surface area contributed by atoms with Crippen LogP contribution in [0.25, 0.3) is 0 Å². The molecule has 0 spiro atoms. The fraction of sp³-hybridized carbons (Fsp3) is 0.700. The topological polar surface area (TPSA) is 146 Å². The molecule has 4 atom stereocenters. The zero-order chi connectivity index (χ0) is 29.8. The summed E-state index contributed by atoms with van der Waals surface area (Å²) in [4.78, 5) is 59.2. The molecule has 46 heavy (non-hydrogen) atoms. The van der Waals surface area contributed by atoms with Crippen LogP contribution in [0.1, 0.15) is 107 Å². The molecule has 0 aromatic carbocycles. The van der Waals surface area contributed by atoms with E-state index in [1.165, 1.54) is 7.11 Å². The number of hydrogen-bond acceptors (Lipinski definition) is 7. The summed E-state index contributed by atoms with van der Waals surface area (Å²) in [5.74, 6) is 1.90. The van der Waals surface area contributed by atoms with Crippen molar-refractivity contribution in [2.75, 3.05) is 26.8 Å². The number of carbonyl (C=O) groups excluding carboxylic acids is 3. The number of imidazole rings is 2. The van der Waals surface area contributed by atoms with Crippen LogP contribution in [-0.2, 0) is 32.1 Å². The number of aromatic nitrogens is 4. The fourth-order valence-corrected chi connectivity index (χ4v) is 6.27. The number of likely N-dealkylation sites (tertiary alicyclic amines) is 1.